The van der Waals surface area contributed by atoms with E-state index in [0.29, 0.717) is 31.9 Å². The van der Waals surface area contributed by atoms with Crippen molar-refractivity contribution in [3.05, 3.63) is 43.7 Å². The minimum absolute atomic E-state index is 0.273. The van der Waals surface area contributed by atoms with Crippen LogP contribution in [0.15, 0.2) is 21.2 Å². The summed E-state index contributed by atoms with van der Waals surface area (Å²) < 4.78 is 2.43. The molecular formula is C12H8N6O2S2. The standard InChI is InChI=1S/C12H8N6O2S2/c1-5-3-7(19)17-12(14-5)22-9(16-17)8-6(2)15-11-18(10(8)20)13-4-21-11/h3-4H,1-2H3. The van der Waals surface area contributed by atoms with Crippen molar-refractivity contribution in [3.8, 4) is 10.6 Å². The number of aromatic nitrogens is 6. The maximum Gasteiger partial charge on any atom is 0.285 e. The number of aryl methyl sites for hydroxylation is 2. The van der Waals surface area contributed by atoms with Crippen LogP contribution in [0.2, 0.25) is 0 Å². The van der Waals surface area contributed by atoms with Gasteiger partial charge in [0.25, 0.3) is 11.1 Å². The molecule has 0 amide bonds. The van der Waals surface area contributed by atoms with Gasteiger partial charge in [-0.1, -0.05) is 22.7 Å². The van der Waals surface area contributed by atoms with Crippen molar-refractivity contribution in [2.24, 2.45) is 0 Å². The van der Waals surface area contributed by atoms with Gasteiger partial charge in [0.2, 0.25) is 9.92 Å². The summed E-state index contributed by atoms with van der Waals surface area (Å²) in [4.78, 5) is 34.1. The van der Waals surface area contributed by atoms with Crippen LogP contribution in [-0.2, 0) is 0 Å². The second-order valence-electron chi connectivity index (χ2n) is 4.65. The van der Waals surface area contributed by atoms with Crippen molar-refractivity contribution >= 4 is 32.6 Å². The Morgan fingerprint density at radius 3 is 2.73 bits per heavy atom. The summed E-state index contributed by atoms with van der Waals surface area (Å²) in [5, 5.41) is 8.61. The largest absolute Gasteiger partial charge is 0.285 e. The Labute approximate surface area is 130 Å². The first-order chi connectivity index (χ1) is 10.5. The lowest BCUT2D eigenvalue weighted by atomic mass is 10.2. The van der Waals surface area contributed by atoms with Gasteiger partial charge in [-0.15, -0.1) is 0 Å². The Morgan fingerprint density at radius 1 is 1.09 bits per heavy atom. The lowest BCUT2D eigenvalue weighted by Gasteiger charge is -1.99. The summed E-state index contributed by atoms with van der Waals surface area (Å²) in [7, 11) is 0. The van der Waals surface area contributed by atoms with Crippen LogP contribution in [0.25, 0.3) is 20.5 Å². The molecule has 110 valence electrons. The topological polar surface area (TPSA) is 94.5 Å². The molecular weight excluding hydrogens is 324 g/mol. The summed E-state index contributed by atoms with van der Waals surface area (Å²) in [6.07, 6.45) is 0. The van der Waals surface area contributed by atoms with Crippen LogP contribution in [0.3, 0.4) is 0 Å². The molecule has 0 bridgehead atoms. The van der Waals surface area contributed by atoms with Crippen LogP contribution in [0, 0.1) is 13.8 Å². The molecule has 0 aliphatic carbocycles. The van der Waals surface area contributed by atoms with Gasteiger partial charge in [-0.2, -0.15) is 19.2 Å². The van der Waals surface area contributed by atoms with Crippen LogP contribution in [-0.4, -0.2) is 29.2 Å². The third-order valence-electron chi connectivity index (χ3n) is 3.12. The molecule has 0 aromatic carbocycles. The molecule has 22 heavy (non-hydrogen) atoms. The molecule has 4 rings (SSSR count). The van der Waals surface area contributed by atoms with E-state index < -0.39 is 0 Å². The molecule has 4 aromatic rings. The van der Waals surface area contributed by atoms with Crippen molar-refractivity contribution in [3.63, 3.8) is 0 Å². The van der Waals surface area contributed by atoms with Gasteiger partial charge in [0.1, 0.15) is 11.1 Å². The highest BCUT2D eigenvalue weighted by atomic mass is 32.1. The highest BCUT2D eigenvalue weighted by molar-refractivity contribution is 7.19. The maximum absolute atomic E-state index is 12.6. The molecule has 0 aliphatic rings. The van der Waals surface area contributed by atoms with Crippen molar-refractivity contribution in [1.82, 2.24) is 29.2 Å². The smallest absolute Gasteiger partial charge is 0.267 e. The van der Waals surface area contributed by atoms with Gasteiger partial charge in [-0.3, -0.25) is 9.59 Å². The predicted molar refractivity (Wildman–Crippen MR) is 82.7 cm³/mol. The Balaban J connectivity index is 2.09. The third-order valence-corrected chi connectivity index (χ3v) is 4.72. The molecule has 0 aliphatic heterocycles. The highest BCUT2D eigenvalue weighted by Crippen LogP contribution is 2.24. The first-order valence-electron chi connectivity index (χ1n) is 6.25. The van der Waals surface area contributed by atoms with E-state index in [1.54, 1.807) is 19.4 Å². The molecule has 8 nitrogen and oxygen atoms in total. The minimum atomic E-state index is -0.299. The number of hydrogen-bond acceptors (Lipinski definition) is 8. The fourth-order valence-corrected chi connectivity index (χ4v) is 3.85. The Morgan fingerprint density at radius 2 is 1.91 bits per heavy atom. The molecule has 4 aromatic heterocycles. The van der Waals surface area contributed by atoms with Gasteiger partial charge < -0.3 is 0 Å². The molecule has 4 heterocycles. The number of rotatable bonds is 1. The summed E-state index contributed by atoms with van der Waals surface area (Å²) in [6, 6.07) is 1.40. The summed E-state index contributed by atoms with van der Waals surface area (Å²) in [5.41, 5.74) is 2.49. The summed E-state index contributed by atoms with van der Waals surface area (Å²) in [5.74, 6) is 0. The lowest BCUT2D eigenvalue weighted by molar-refractivity contribution is 0.874. The zero-order valence-electron chi connectivity index (χ0n) is 11.5. The van der Waals surface area contributed by atoms with Crippen LogP contribution >= 0.6 is 22.7 Å². The first kappa shape index (κ1) is 13.2. The Bertz CT molecular complexity index is 1150. The average Bonchev–Trinajstić information content (AvgIpc) is 3.05. The van der Waals surface area contributed by atoms with Gasteiger partial charge in [-0.25, -0.2) is 9.97 Å². The fraction of sp³-hybridized carbons (Fsp3) is 0.167. The van der Waals surface area contributed by atoms with E-state index in [9.17, 15) is 9.59 Å². The first-order valence-corrected chi connectivity index (χ1v) is 7.95. The van der Waals surface area contributed by atoms with Crippen molar-refractivity contribution in [1.29, 1.82) is 0 Å². The normalized spacial score (nSPS) is 11.5. The molecule has 0 saturated carbocycles. The van der Waals surface area contributed by atoms with Gasteiger partial charge in [0, 0.05) is 11.8 Å². The van der Waals surface area contributed by atoms with Crippen LogP contribution < -0.4 is 11.1 Å². The number of fused-ring (bicyclic) bond motifs is 2. The van der Waals surface area contributed by atoms with E-state index in [1.807, 2.05) is 0 Å². The van der Waals surface area contributed by atoms with E-state index in [4.69, 9.17) is 0 Å². The molecule has 0 spiro atoms. The molecule has 0 radical (unpaired) electrons. The molecule has 0 unspecified atom stereocenters. The number of hydrogen-bond donors (Lipinski definition) is 0. The van der Waals surface area contributed by atoms with Gasteiger partial charge in [-0.05, 0) is 13.8 Å². The van der Waals surface area contributed by atoms with E-state index in [0.717, 1.165) is 0 Å². The Kier molecular flexibility index (Phi) is 2.71. The quantitative estimate of drug-likeness (QED) is 0.514. The third kappa shape index (κ3) is 1.81. The molecule has 0 fully saturated rings. The fourth-order valence-electron chi connectivity index (χ4n) is 2.16. The second kappa shape index (κ2) is 4.52. The van der Waals surface area contributed by atoms with Gasteiger partial charge in [0.15, 0.2) is 5.01 Å². The SMILES string of the molecule is Cc1cc(=O)n2nc(-c3c(C)nc4scnn4c3=O)sc2n1. The lowest BCUT2D eigenvalue weighted by Crippen LogP contribution is -2.19. The Hall–Kier alpha value is -2.46. The monoisotopic (exact) mass is 332 g/mol. The number of nitrogens with zero attached hydrogens (tertiary/aromatic N) is 6. The van der Waals surface area contributed by atoms with Gasteiger partial charge in [0.05, 0.1) is 5.69 Å². The molecule has 0 atom stereocenters. The van der Waals surface area contributed by atoms with Gasteiger partial charge >= 0.3 is 0 Å². The maximum atomic E-state index is 12.6. The predicted octanol–water partition coefficient (Wildman–Crippen LogP) is 0.899. The van der Waals surface area contributed by atoms with Crippen LogP contribution in [0.1, 0.15) is 11.4 Å². The minimum Gasteiger partial charge on any atom is -0.267 e. The van der Waals surface area contributed by atoms with E-state index in [2.05, 4.69) is 20.2 Å². The average molecular weight is 332 g/mol. The van der Waals surface area contributed by atoms with Crippen LogP contribution in [0.4, 0.5) is 0 Å². The zero-order valence-corrected chi connectivity index (χ0v) is 13.1. The van der Waals surface area contributed by atoms with E-state index in [1.165, 1.54) is 37.8 Å². The molecule has 0 N–H and O–H groups in total. The van der Waals surface area contributed by atoms with Crippen molar-refractivity contribution in [2.45, 2.75) is 13.8 Å². The summed E-state index contributed by atoms with van der Waals surface area (Å²) >= 11 is 2.47. The van der Waals surface area contributed by atoms with Crippen LogP contribution in [0.5, 0.6) is 0 Å². The second-order valence-corrected chi connectivity index (χ2v) is 6.42. The van der Waals surface area contributed by atoms with Crippen molar-refractivity contribution < 1.29 is 0 Å². The summed E-state index contributed by atoms with van der Waals surface area (Å²) in [6.45, 7) is 3.48. The van der Waals surface area contributed by atoms with E-state index >= 15 is 0 Å². The zero-order chi connectivity index (χ0) is 15.4. The molecule has 0 saturated heterocycles. The highest BCUT2D eigenvalue weighted by Gasteiger charge is 2.18. The van der Waals surface area contributed by atoms with Crippen molar-refractivity contribution in [2.75, 3.05) is 0 Å². The molecule has 10 heteroatoms. The van der Waals surface area contributed by atoms with E-state index in [-0.39, 0.29) is 11.1 Å².